The molecule has 4 amide bonds. The predicted molar refractivity (Wildman–Crippen MR) is 145 cm³/mol. The highest BCUT2D eigenvalue weighted by molar-refractivity contribution is 5.96. The van der Waals surface area contributed by atoms with Gasteiger partial charge < -0.3 is 43.2 Å². The Balaban J connectivity index is 2.20. The zero-order valence-corrected chi connectivity index (χ0v) is 22.2. The second-order valence-electron chi connectivity index (χ2n) is 9.81. The second-order valence-corrected chi connectivity index (χ2v) is 9.81. The molecule has 13 heteroatoms. The van der Waals surface area contributed by atoms with E-state index < -0.39 is 60.2 Å². The lowest BCUT2D eigenvalue weighted by molar-refractivity contribution is -0.142. The van der Waals surface area contributed by atoms with Crippen LogP contribution in [0.4, 0.5) is 0 Å². The van der Waals surface area contributed by atoms with Crippen LogP contribution in [0.5, 0.6) is 0 Å². The van der Waals surface area contributed by atoms with Crippen molar-refractivity contribution in [3.05, 3.63) is 36.0 Å². The van der Waals surface area contributed by atoms with Crippen molar-refractivity contribution in [3.8, 4) is 0 Å². The summed E-state index contributed by atoms with van der Waals surface area (Å²) >= 11 is 0. The van der Waals surface area contributed by atoms with Crippen molar-refractivity contribution in [2.75, 3.05) is 6.54 Å². The number of hydrogen-bond donors (Lipinski definition) is 8. The first kappa shape index (κ1) is 31.2. The number of benzene rings is 1. The molecular weight excluding hydrogens is 506 g/mol. The van der Waals surface area contributed by atoms with Crippen molar-refractivity contribution in [2.24, 2.45) is 23.1 Å². The lowest BCUT2D eigenvalue weighted by atomic mass is 10.0. The molecule has 1 aromatic heterocycles. The van der Waals surface area contributed by atoms with E-state index in [0.717, 1.165) is 10.9 Å². The van der Waals surface area contributed by atoms with E-state index in [0.29, 0.717) is 24.9 Å². The van der Waals surface area contributed by atoms with Gasteiger partial charge in [0.05, 0.1) is 12.5 Å². The monoisotopic (exact) mass is 545 g/mol. The van der Waals surface area contributed by atoms with E-state index >= 15 is 0 Å². The number of H-pyrrole nitrogens is 1. The fourth-order valence-corrected chi connectivity index (χ4v) is 4.01. The van der Waals surface area contributed by atoms with Gasteiger partial charge in [-0.1, -0.05) is 32.0 Å². The number of fused-ring (bicyclic) bond motifs is 1. The molecule has 4 unspecified atom stereocenters. The molecule has 1 heterocycles. The fraction of sp³-hybridized carbons (Fsp3) is 0.500. The third kappa shape index (κ3) is 9.37. The summed E-state index contributed by atoms with van der Waals surface area (Å²) in [5.74, 6) is -4.53. The number of para-hydroxylation sites is 1. The van der Waals surface area contributed by atoms with Gasteiger partial charge in [-0.05, 0) is 43.4 Å². The van der Waals surface area contributed by atoms with Gasteiger partial charge >= 0.3 is 5.97 Å². The van der Waals surface area contributed by atoms with Crippen LogP contribution in [0.25, 0.3) is 10.9 Å². The Hall–Kier alpha value is -3.97. The van der Waals surface area contributed by atoms with Crippen LogP contribution < -0.4 is 33.2 Å². The zero-order valence-electron chi connectivity index (χ0n) is 22.2. The van der Waals surface area contributed by atoms with Crippen LogP contribution in [0.1, 0.15) is 45.1 Å². The highest BCUT2D eigenvalue weighted by Crippen LogP contribution is 2.19. The number of aromatic amines is 1. The topological polar surface area (TPSA) is 236 Å². The van der Waals surface area contributed by atoms with Crippen LogP contribution >= 0.6 is 0 Å². The highest BCUT2D eigenvalue weighted by atomic mass is 16.4. The molecule has 0 fully saturated rings. The number of aliphatic carboxylic acids is 1. The summed E-state index contributed by atoms with van der Waals surface area (Å²) < 4.78 is 0. The largest absolute Gasteiger partial charge is 0.480 e. The number of rotatable bonds is 16. The van der Waals surface area contributed by atoms with Crippen molar-refractivity contribution < 1.29 is 29.1 Å². The van der Waals surface area contributed by atoms with Gasteiger partial charge in [0.25, 0.3) is 0 Å². The number of carboxylic acid groups (broad SMARTS) is 1. The Morgan fingerprint density at radius 3 is 2.15 bits per heavy atom. The van der Waals surface area contributed by atoms with Crippen molar-refractivity contribution in [3.63, 3.8) is 0 Å². The van der Waals surface area contributed by atoms with Gasteiger partial charge in [-0.15, -0.1) is 0 Å². The maximum Gasteiger partial charge on any atom is 0.326 e. The van der Waals surface area contributed by atoms with Crippen LogP contribution in [0.2, 0.25) is 0 Å². The van der Waals surface area contributed by atoms with E-state index in [1.807, 2.05) is 24.3 Å². The summed E-state index contributed by atoms with van der Waals surface area (Å²) in [6.45, 7) is 3.80. The number of carbonyl (C=O) groups is 5. The van der Waals surface area contributed by atoms with Gasteiger partial charge in [0.2, 0.25) is 23.6 Å². The number of aromatic nitrogens is 1. The van der Waals surface area contributed by atoms with Crippen LogP contribution in [0.15, 0.2) is 30.5 Å². The lowest BCUT2D eigenvalue weighted by Crippen LogP contribution is -2.58. The summed E-state index contributed by atoms with van der Waals surface area (Å²) in [7, 11) is 0. The minimum atomic E-state index is -1.37. The average Bonchev–Trinajstić information content (AvgIpc) is 3.29. The van der Waals surface area contributed by atoms with E-state index in [9.17, 15) is 29.1 Å². The Morgan fingerprint density at radius 1 is 0.923 bits per heavy atom. The molecule has 1 aromatic carbocycles. The zero-order chi connectivity index (χ0) is 29.1. The molecule has 0 aliphatic rings. The Kier molecular flexibility index (Phi) is 11.9. The highest BCUT2D eigenvalue weighted by Gasteiger charge is 2.31. The molecule has 0 radical (unpaired) electrons. The minimum Gasteiger partial charge on any atom is -0.480 e. The van der Waals surface area contributed by atoms with E-state index in [1.54, 1.807) is 20.0 Å². The van der Waals surface area contributed by atoms with Crippen LogP contribution in [0.3, 0.4) is 0 Å². The first-order chi connectivity index (χ1) is 18.4. The maximum atomic E-state index is 13.2. The van der Waals surface area contributed by atoms with Crippen molar-refractivity contribution >= 4 is 40.5 Å². The van der Waals surface area contributed by atoms with E-state index in [-0.39, 0.29) is 18.8 Å². The third-order valence-electron chi connectivity index (χ3n) is 6.35. The van der Waals surface area contributed by atoms with Gasteiger partial charge in [0.1, 0.15) is 18.1 Å². The molecule has 0 aliphatic carbocycles. The first-order valence-electron chi connectivity index (χ1n) is 12.9. The van der Waals surface area contributed by atoms with Crippen molar-refractivity contribution in [1.29, 1.82) is 0 Å². The standard InChI is InChI=1S/C26H39N7O6/c1-14(2)22(29)25(37)32-19(12-21(28)34)24(36)31-18(9-5-6-10-27)23(35)33-20(26(38)39)11-15-13-30-17-8-4-3-7-16(15)17/h3-4,7-8,13-14,18-20,22,30H,5-6,9-12,27,29H2,1-2H3,(H2,28,34)(H,31,36)(H,32,37)(H,33,35)(H,38,39). The molecular formula is C26H39N7O6. The summed E-state index contributed by atoms with van der Waals surface area (Å²) in [5, 5.41) is 18.1. The molecule has 2 aromatic rings. The fourth-order valence-electron chi connectivity index (χ4n) is 4.01. The smallest absolute Gasteiger partial charge is 0.326 e. The molecule has 0 spiro atoms. The molecule has 0 saturated carbocycles. The first-order valence-corrected chi connectivity index (χ1v) is 12.9. The minimum absolute atomic E-state index is 0.00199. The molecule has 2 rings (SSSR count). The Bertz CT molecular complexity index is 1160. The van der Waals surface area contributed by atoms with Crippen LogP contribution in [0, 0.1) is 5.92 Å². The van der Waals surface area contributed by atoms with Gasteiger partial charge in [0, 0.05) is 23.5 Å². The van der Waals surface area contributed by atoms with Gasteiger partial charge in [-0.2, -0.15) is 0 Å². The molecule has 214 valence electrons. The number of nitrogens with two attached hydrogens (primary N) is 3. The maximum absolute atomic E-state index is 13.2. The molecule has 39 heavy (non-hydrogen) atoms. The van der Waals surface area contributed by atoms with E-state index in [2.05, 4.69) is 20.9 Å². The number of carboxylic acids is 1. The molecule has 0 aliphatic heterocycles. The van der Waals surface area contributed by atoms with E-state index in [1.165, 1.54) is 0 Å². The summed E-state index contributed by atoms with van der Waals surface area (Å²) in [6, 6.07) is 2.63. The van der Waals surface area contributed by atoms with Crippen LogP contribution in [-0.2, 0) is 30.4 Å². The van der Waals surface area contributed by atoms with Crippen molar-refractivity contribution in [2.45, 2.75) is 70.1 Å². The summed E-state index contributed by atoms with van der Waals surface area (Å²) in [5.41, 5.74) is 18.2. The summed E-state index contributed by atoms with van der Waals surface area (Å²) in [6.07, 6.45) is 2.34. The average molecular weight is 546 g/mol. The number of amides is 4. The molecule has 11 N–H and O–H groups in total. The van der Waals surface area contributed by atoms with Gasteiger partial charge in [-0.25, -0.2) is 4.79 Å². The van der Waals surface area contributed by atoms with E-state index in [4.69, 9.17) is 17.2 Å². The second kappa shape index (κ2) is 14.8. The van der Waals surface area contributed by atoms with Gasteiger partial charge in [0.15, 0.2) is 0 Å². The normalized spacial score (nSPS) is 14.3. The number of nitrogens with one attached hydrogen (secondary N) is 4. The van der Waals surface area contributed by atoms with Crippen molar-refractivity contribution in [1.82, 2.24) is 20.9 Å². The Labute approximate surface area is 226 Å². The number of hydrogen-bond acceptors (Lipinski definition) is 7. The predicted octanol–water partition coefficient (Wildman–Crippen LogP) is -0.763. The van der Waals surface area contributed by atoms with Crippen LogP contribution in [-0.4, -0.2) is 70.4 Å². The number of primary amides is 1. The SMILES string of the molecule is CC(C)C(N)C(=O)NC(CC(N)=O)C(=O)NC(CCCCN)C(=O)NC(Cc1c[nH]c2ccccc12)C(=O)O. The molecule has 0 saturated heterocycles. The summed E-state index contributed by atoms with van der Waals surface area (Å²) in [4.78, 5) is 65.4. The Morgan fingerprint density at radius 2 is 1.54 bits per heavy atom. The molecule has 0 bridgehead atoms. The lowest BCUT2D eigenvalue weighted by Gasteiger charge is -2.25. The molecule has 4 atom stereocenters. The molecule has 13 nitrogen and oxygen atoms in total. The number of carbonyl (C=O) groups excluding carboxylic acids is 4. The van der Waals surface area contributed by atoms with Gasteiger partial charge in [-0.3, -0.25) is 19.2 Å². The number of unbranched alkanes of at least 4 members (excludes halogenated alkanes) is 1. The third-order valence-corrected chi connectivity index (χ3v) is 6.35. The quantitative estimate of drug-likeness (QED) is 0.124.